The third kappa shape index (κ3) is 2.75. The second kappa shape index (κ2) is 5.72. The van der Waals surface area contributed by atoms with Crippen molar-refractivity contribution in [2.45, 2.75) is 19.1 Å². The lowest BCUT2D eigenvalue weighted by Crippen LogP contribution is -2.20. The smallest absolute Gasteiger partial charge is 0.399 e. The van der Waals surface area contributed by atoms with E-state index >= 15 is 0 Å². The Labute approximate surface area is 146 Å². The van der Waals surface area contributed by atoms with Gasteiger partial charge < -0.3 is 5.73 Å². The van der Waals surface area contributed by atoms with Gasteiger partial charge in [-0.2, -0.15) is 13.2 Å². The third-order valence-electron chi connectivity index (χ3n) is 4.43. The zero-order valence-corrected chi connectivity index (χ0v) is 13.5. The fourth-order valence-electron chi connectivity index (χ4n) is 3.18. The lowest BCUT2D eigenvalue weighted by Gasteiger charge is -2.08. The maximum Gasteiger partial charge on any atom is 0.416 e. The molecule has 0 saturated carbocycles. The average Bonchev–Trinajstić information content (AvgIpc) is 2.97. The largest absolute Gasteiger partial charge is 0.416 e. The summed E-state index contributed by atoms with van der Waals surface area (Å²) in [6, 6.07) is 10.00. The number of rotatable bonds is 1. The standard InChI is InChI=1S/C19H14F3N3O/c20-19(21,22)13-3-1-2-11(9-13)8-12-6-7-25-17(12)24-16-10-14(23)4-5-15(16)18(25)26/h1-5,8-10H,6-7,23H2. The van der Waals surface area contributed by atoms with Crippen LogP contribution in [0.1, 0.15) is 23.4 Å². The molecule has 132 valence electrons. The summed E-state index contributed by atoms with van der Waals surface area (Å²) in [5, 5.41) is 0.475. The Morgan fingerprint density at radius 3 is 2.73 bits per heavy atom. The molecule has 0 atom stereocenters. The van der Waals surface area contributed by atoms with Gasteiger partial charge in [-0.25, -0.2) is 4.98 Å². The summed E-state index contributed by atoms with van der Waals surface area (Å²) < 4.78 is 40.2. The van der Waals surface area contributed by atoms with Crippen LogP contribution in [0.25, 0.3) is 22.6 Å². The maximum atomic E-state index is 12.9. The number of benzene rings is 2. The van der Waals surface area contributed by atoms with Gasteiger partial charge in [-0.1, -0.05) is 12.1 Å². The van der Waals surface area contributed by atoms with Crippen molar-refractivity contribution in [1.29, 1.82) is 0 Å². The number of nitrogens with zero attached hydrogens (tertiary/aromatic N) is 2. The molecule has 2 N–H and O–H groups in total. The van der Waals surface area contributed by atoms with Crippen molar-refractivity contribution >= 4 is 28.2 Å². The van der Waals surface area contributed by atoms with Gasteiger partial charge in [-0.05, 0) is 54.0 Å². The van der Waals surface area contributed by atoms with E-state index < -0.39 is 11.7 Å². The normalized spacial score (nSPS) is 15.6. The van der Waals surface area contributed by atoms with Crippen LogP contribution >= 0.6 is 0 Å². The Bertz CT molecular complexity index is 1110. The first-order valence-corrected chi connectivity index (χ1v) is 8.01. The van der Waals surface area contributed by atoms with Crippen molar-refractivity contribution in [1.82, 2.24) is 9.55 Å². The van der Waals surface area contributed by atoms with Crippen LogP contribution in [0.4, 0.5) is 18.9 Å². The van der Waals surface area contributed by atoms with Gasteiger partial charge in [-0.3, -0.25) is 9.36 Å². The van der Waals surface area contributed by atoms with Crippen molar-refractivity contribution in [3.05, 3.63) is 69.8 Å². The Morgan fingerprint density at radius 1 is 1.15 bits per heavy atom. The molecule has 0 unspecified atom stereocenters. The Hall–Kier alpha value is -3.09. The number of aromatic nitrogens is 2. The second-order valence-corrected chi connectivity index (χ2v) is 6.21. The van der Waals surface area contributed by atoms with E-state index in [-0.39, 0.29) is 5.56 Å². The number of allylic oxidation sites excluding steroid dienone is 1. The highest BCUT2D eigenvalue weighted by Crippen LogP contribution is 2.32. The van der Waals surface area contributed by atoms with Crippen molar-refractivity contribution < 1.29 is 13.2 Å². The van der Waals surface area contributed by atoms with Gasteiger partial charge in [0.1, 0.15) is 5.82 Å². The fourth-order valence-corrected chi connectivity index (χ4v) is 3.18. The van der Waals surface area contributed by atoms with E-state index in [2.05, 4.69) is 4.98 Å². The summed E-state index contributed by atoms with van der Waals surface area (Å²) in [7, 11) is 0. The van der Waals surface area contributed by atoms with E-state index in [0.29, 0.717) is 40.9 Å². The van der Waals surface area contributed by atoms with Crippen LogP contribution < -0.4 is 11.3 Å². The Balaban J connectivity index is 1.84. The van der Waals surface area contributed by atoms with E-state index in [1.165, 1.54) is 6.07 Å². The van der Waals surface area contributed by atoms with Gasteiger partial charge in [-0.15, -0.1) is 0 Å². The minimum Gasteiger partial charge on any atom is -0.399 e. The van der Waals surface area contributed by atoms with Gasteiger partial charge in [0.15, 0.2) is 0 Å². The topological polar surface area (TPSA) is 60.9 Å². The highest BCUT2D eigenvalue weighted by atomic mass is 19.4. The molecule has 7 heteroatoms. The summed E-state index contributed by atoms with van der Waals surface area (Å²) >= 11 is 0. The quantitative estimate of drug-likeness (QED) is 0.671. The summed E-state index contributed by atoms with van der Waals surface area (Å²) in [5.74, 6) is 0.477. The lowest BCUT2D eigenvalue weighted by molar-refractivity contribution is -0.137. The molecule has 0 bridgehead atoms. The number of nitrogen functional groups attached to an aromatic ring is 1. The van der Waals surface area contributed by atoms with Crippen molar-refractivity contribution in [3.63, 3.8) is 0 Å². The second-order valence-electron chi connectivity index (χ2n) is 6.21. The lowest BCUT2D eigenvalue weighted by atomic mass is 10.1. The van der Waals surface area contributed by atoms with Crippen molar-refractivity contribution in [2.24, 2.45) is 0 Å². The molecule has 3 aromatic rings. The zero-order chi connectivity index (χ0) is 18.5. The number of hydrogen-bond donors (Lipinski definition) is 1. The summed E-state index contributed by atoms with van der Waals surface area (Å²) in [6.07, 6.45) is -2.21. The van der Waals surface area contributed by atoms with Gasteiger partial charge in [0, 0.05) is 12.2 Å². The molecule has 0 fully saturated rings. The summed E-state index contributed by atoms with van der Waals surface area (Å²) in [4.78, 5) is 17.1. The number of halogens is 3. The molecular weight excluding hydrogens is 343 g/mol. The third-order valence-corrected chi connectivity index (χ3v) is 4.43. The number of fused-ring (bicyclic) bond motifs is 2. The maximum absolute atomic E-state index is 12.9. The van der Waals surface area contributed by atoms with Crippen LogP contribution in [-0.2, 0) is 12.7 Å². The SMILES string of the molecule is Nc1ccc2c(=O)n3c(nc2c1)C(=Cc1cccc(C(F)(F)F)c1)CC3. The minimum absolute atomic E-state index is 0.169. The van der Waals surface area contributed by atoms with Crippen LogP contribution in [0.5, 0.6) is 0 Å². The first-order valence-electron chi connectivity index (χ1n) is 8.01. The molecule has 1 aliphatic rings. The van der Waals surface area contributed by atoms with Crippen LogP contribution in [0.2, 0.25) is 0 Å². The molecule has 1 aliphatic heterocycles. The Kier molecular flexibility index (Phi) is 3.61. The highest BCUT2D eigenvalue weighted by molar-refractivity contribution is 5.86. The van der Waals surface area contributed by atoms with Gasteiger partial charge in [0.05, 0.1) is 16.5 Å². The number of hydrogen-bond acceptors (Lipinski definition) is 3. The van der Waals surface area contributed by atoms with Crippen molar-refractivity contribution in [2.75, 3.05) is 5.73 Å². The van der Waals surface area contributed by atoms with Crippen molar-refractivity contribution in [3.8, 4) is 0 Å². The first-order chi connectivity index (χ1) is 12.3. The van der Waals surface area contributed by atoms with E-state index in [9.17, 15) is 18.0 Å². The average molecular weight is 357 g/mol. The van der Waals surface area contributed by atoms with Crippen LogP contribution in [0.15, 0.2) is 47.3 Å². The molecule has 26 heavy (non-hydrogen) atoms. The number of nitrogens with two attached hydrogens (primary N) is 1. The van der Waals surface area contributed by atoms with Gasteiger partial charge >= 0.3 is 6.18 Å². The van der Waals surface area contributed by atoms with Gasteiger partial charge in [0.25, 0.3) is 5.56 Å². The van der Waals surface area contributed by atoms with E-state index in [0.717, 1.165) is 17.7 Å². The molecular formula is C19H14F3N3O. The van der Waals surface area contributed by atoms with E-state index in [4.69, 9.17) is 5.73 Å². The van der Waals surface area contributed by atoms with Crippen LogP contribution in [0.3, 0.4) is 0 Å². The molecule has 1 aromatic heterocycles. The molecule has 0 spiro atoms. The van der Waals surface area contributed by atoms with Crippen LogP contribution in [-0.4, -0.2) is 9.55 Å². The Morgan fingerprint density at radius 2 is 1.96 bits per heavy atom. The molecule has 0 radical (unpaired) electrons. The summed E-state index contributed by atoms with van der Waals surface area (Å²) in [6.45, 7) is 0.451. The van der Waals surface area contributed by atoms with Crippen LogP contribution in [0, 0.1) is 0 Å². The zero-order valence-electron chi connectivity index (χ0n) is 13.5. The molecule has 0 saturated heterocycles. The molecule has 0 aliphatic carbocycles. The van der Waals surface area contributed by atoms with Gasteiger partial charge in [0.2, 0.25) is 0 Å². The number of alkyl halides is 3. The van der Waals surface area contributed by atoms with E-state index in [1.807, 2.05) is 0 Å². The monoisotopic (exact) mass is 357 g/mol. The predicted octanol–water partition coefficient (Wildman–Crippen LogP) is 3.94. The molecule has 4 nitrogen and oxygen atoms in total. The summed E-state index contributed by atoms with van der Waals surface area (Å²) in [5.41, 5.74) is 7.02. The fraction of sp³-hybridized carbons (Fsp3) is 0.158. The number of anilines is 1. The highest BCUT2D eigenvalue weighted by Gasteiger charge is 2.30. The molecule has 0 amide bonds. The predicted molar refractivity (Wildman–Crippen MR) is 94.3 cm³/mol. The first kappa shape index (κ1) is 16.4. The molecule has 4 rings (SSSR count). The molecule has 2 heterocycles. The molecule has 2 aromatic carbocycles. The minimum atomic E-state index is -4.40. The van der Waals surface area contributed by atoms with E-state index in [1.54, 1.807) is 34.9 Å².